The topological polar surface area (TPSA) is 86.3 Å². The van der Waals surface area contributed by atoms with E-state index < -0.39 is 37.0 Å². The number of halogens is 8. The van der Waals surface area contributed by atoms with Gasteiger partial charge in [-0.25, -0.2) is 30.2 Å². The number of alkyl halides is 8. The van der Waals surface area contributed by atoms with E-state index >= 15 is 0 Å². The number of hydrogen-bond acceptors (Lipinski definition) is 4. The van der Waals surface area contributed by atoms with Crippen molar-refractivity contribution < 1.29 is 56.5 Å². The summed E-state index contributed by atoms with van der Waals surface area (Å²) in [7, 11) is -13.4. The number of aromatic nitrogens is 1. The smallest absolute Gasteiger partial charge is 0.421 e. The maximum Gasteiger partial charge on any atom is 0.480 e. The minimum absolute atomic E-state index is 0.109. The largest absolute Gasteiger partial charge is 0.480 e. The van der Waals surface area contributed by atoms with Gasteiger partial charge in [0.2, 0.25) is 0 Å². The summed E-state index contributed by atoms with van der Waals surface area (Å²) < 4.78 is 136. The Hall–Kier alpha value is -1.55. The molecule has 0 aliphatic heterocycles. The van der Waals surface area contributed by atoms with Gasteiger partial charge in [-0.1, -0.05) is 6.07 Å². The zero-order valence-electron chi connectivity index (χ0n) is 13.2. The summed E-state index contributed by atoms with van der Waals surface area (Å²) >= 11 is 0. The first kappa shape index (κ1) is 25.4. The van der Waals surface area contributed by atoms with Crippen molar-refractivity contribution in [1.29, 1.82) is 0 Å². The van der Waals surface area contributed by atoms with E-state index in [0.29, 0.717) is 6.54 Å². The van der Waals surface area contributed by atoms with Crippen LogP contribution < -0.4 is 4.57 Å². The molecule has 0 amide bonds. The molecule has 0 aromatic carbocycles. The molecule has 0 unspecified atom stereocenters. The first-order valence-corrected chi connectivity index (χ1v) is 9.35. The van der Waals surface area contributed by atoms with Crippen LogP contribution in [0.1, 0.15) is 13.3 Å². The molecule has 0 spiro atoms. The number of sulfonamides is 2. The maximum absolute atomic E-state index is 12.4. The third-order valence-electron chi connectivity index (χ3n) is 2.37. The minimum atomic E-state index is -6.72. The van der Waals surface area contributed by atoms with Gasteiger partial charge in [0, 0.05) is 12.1 Å². The summed E-state index contributed by atoms with van der Waals surface area (Å²) in [6.07, 6.45) is 3.46. The second kappa shape index (κ2) is 8.64. The van der Waals surface area contributed by atoms with Gasteiger partial charge < -0.3 is 4.13 Å². The predicted octanol–water partition coefficient (Wildman–Crippen LogP) is 3.08. The molecule has 1 rings (SSSR count). The molecule has 0 radical (unpaired) electrons. The zero-order valence-corrected chi connectivity index (χ0v) is 14.8. The molecule has 0 saturated heterocycles. The Morgan fingerprint density at radius 1 is 0.778 bits per heavy atom. The van der Waals surface area contributed by atoms with Gasteiger partial charge in [0.15, 0.2) is 39.0 Å². The van der Waals surface area contributed by atoms with Crippen molar-refractivity contribution in [3.8, 4) is 0 Å². The molecule has 0 aliphatic carbocycles. The molecular formula is C11H12F8N2O4S2. The van der Waals surface area contributed by atoms with Gasteiger partial charge in [0.25, 0.3) is 5.92 Å². The first-order valence-electron chi connectivity index (χ1n) is 6.47. The third kappa shape index (κ3) is 9.28. The highest BCUT2D eigenvalue weighted by atomic mass is 32.3. The van der Waals surface area contributed by atoms with Crippen LogP contribution in [0.25, 0.3) is 4.13 Å². The van der Waals surface area contributed by atoms with Crippen molar-refractivity contribution in [2.24, 2.45) is 0 Å². The number of aryl methyl sites for hydroxylation is 1. The number of hydrogen-bond donors (Lipinski definition) is 0. The third-order valence-corrected chi connectivity index (χ3v) is 5.11. The van der Waals surface area contributed by atoms with E-state index in [1.54, 1.807) is 17.0 Å². The van der Waals surface area contributed by atoms with Crippen molar-refractivity contribution in [1.82, 2.24) is 0 Å². The van der Waals surface area contributed by atoms with Crippen LogP contribution in [0.5, 0.6) is 0 Å². The van der Waals surface area contributed by atoms with Gasteiger partial charge in [-0.05, 0) is 6.92 Å². The molecule has 27 heavy (non-hydrogen) atoms. The van der Waals surface area contributed by atoms with Gasteiger partial charge in [-0.3, -0.25) is 0 Å². The minimum Gasteiger partial charge on any atom is -0.421 e. The van der Waals surface area contributed by atoms with Crippen LogP contribution in [0.3, 0.4) is 0 Å². The van der Waals surface area contributed by atoms with E-state index in [0.717, 1.165) is 11.1 Å². The Balaban J connectivity index is 0.000000511. The molecule has 1 aromatic heterocycles. The van der Waals surface area contributed by atoms with E-state index in [2.05, 4.69) is 0 Å². The SMILES string of the molecule is CC(F)(F)CC[n+]1ccccc1.O=S(=O)([N-]S(=O)(=O)C(F)(F)F)C(F)(F)F. The summed E-state index contributed by atoms with van der Waals surface area (Å²) in [6, 6.07) is 5.52. The fraction of sp³-hybridized carbons (Fsp3) is 0.545. The van der Waals surface area contributed by atoms with Crippen molar-refractivity contribution in [2.75, 3.05) is 0 Å². The zero-order chi connectivity index (χ0) is 21.7. The average molecular weight is 452 g/mol. The summed E-state index contributed by atoms with van der Waals surface area (Å²) in [6.45, 7) is 1.31. The Morgan fingerprint density at radius 3 is 1.44 bits per heavy atom. The van der Waals surface area contributed by atoms with Crippen LogP contribution in [-0.4, -0.2) is 33.8 Å². The molecular weight excluding hydrogens is 440 g/mol. The van der Waals surface area contributed by atoms with E-state index in [-0.39, 0.29) is 6.42 Å². The Kier molecular flexibility index (Phi) is 8.14. The highest BCUT2D eigenvalue weighted by Gasteiger charge is 2.46. The second-order valence-corrected chi connectivity index (χ2v) is 8.27. The molecule has 0 fully saturated rings. The normalized spacial score (nSPS) is 13.7. The lowest BCUT2D eigenvalue weighted by Gasteiger charge is -2.22. The van der Waals surface area contributed by atoms with Crippen LogP contribution in [0.2, 0.25) is 0 Å². The highest BCUT2D eigenvalue weighted by Crippen LogP contribution is 2.36. The molecule has 158 valence electrons. The highest BCUT2D eigenvalue weighted by molar-refractivity contribution is 8.13. The Labute approximate surface area is 148 Å². The van der Waals surface area contributed by atoms with Crippen LogP contribution in [0.4, 0.5) is 35.1 Å². The molecule has 0 N–H and O–H groups in total. The van der Waals surface area contributed by atoms with Gasteiger partial charge >= 0.3 is 11.0 Å². The maximum atomic E-state index is 12.4. The molecule has 6 nitrogen and oxygen atoms in total. The predicted molar refractivity (Wildman–Crippen MR) is 75.2 cm³/mol. The van der Waals surface area contributed by atoms with Crippen LogP contribution in [0, 0.1) is 0 Å². The molecule has 1 aromatic rings. The fourth-order valence-corrected chi connectivity index (χ4v) is 2.83. The van der Waals surface area contributed by atoms with Crippen LogP contribution in [-0.2, 0) is 26.6 Å². The standard InChI is InChI=1S/C9H12F2N.C2F6NO4S2/c1-9(10,11)5-8-12-6-3-2-4-7-12;3-1(4,5)14(10,11)9-15(12,13)2(6,7)8/h2-4,6-7H,5,8H2,1H3;/q+1;-1. The fourth-order valence-electron chi connectivity index (χ4n) is 1.12. The average Bonchev–Trinajstić information content (AvgIpc) is 2.43. The van der Waals surface area contributed by atoms with Gasteiger partial charge in [-0.2, -0.15) is 26.3 Å². The lowest BCUT2D eigenvalue weighted by Crippen LogP contribution is -2.35. The molecule has 0 aliphatic rings. The van der Waals surface area contributed by atoms with Crippen molar-refractivity contribution in [3.63, 3.8) is 0 Å². The molecule has 0 atom stereocenters. The number of nitrogens with zero attached hydrogens (tertiary/aromatic N) is 2. The summed E-state index contributed by atoms with van der Waals surface area (Å²) in [5, 5.41) is 0. The van der Waals surface area contributed by atoms with Crippen molar-refractivity contribution in [2.45, 2.75) is 36.8 Å². The van der Waals surface area contributed by atoms with Crippen LogP contribution >= 0.6 is 0 Å². The van der Waals surface area contributed by atoms with E-state index in [1.165, 1.54) is 0 Å². The summed E-state index contributed by atoms with van der Waals surface area (Å²) in [5.41, 5.74) is -12.4. The Bertz CT molecular complexity index is 757. The number of rotatable bonds is 5. The van der Waals surface area contributed by atoms with E-state index in [9.17, 15) is 52.0 Å². The summed E-state index contributed by atoms with van der Waals surface area (Å²) in [4.78, 5) is 0. The molecule has 1 heterocycles. The quantitative estimate of drug-likeness (QED) is 0.508. The van der Waals surface area contributed by atoms with Gasteiger partial charge in [-0.15, -0.1) is 0 Å². The van der Waals surface area contributed by atoms with E-state index in [1.807, 2.05) is 18.2 Å². The summed E-state index contributed by atoms with van der Waals surface area (Å²) in [5.74, 6) is -2.57. The van der Waals surface area contributed by atoms with Crippen molar-refractivity contribution >= 4 is 20.0 Å². The van der Waals surface area contributed by atoms with E-state index in [4.69, 9.17) is 0 Å². The molecule has 0 bridgehead atoms. The number of pyridine rings is 1. The van der Waals surface area contributed by atoms with Gasteiger partial charge in [0.1, 0.15) is 0 Å². The van der Waals surface area contributed by atoms with Gasteiger partial charge in [0.05, 0.1) is 6.42 Å². The van der Waals surface area contributed by atoms with Crippen LogP contribution in [0.15, 0.2) is 30.6 Å². The first-order chi connectivity index (χ1) is 11.8. The Morgan fingerprint density at radius 2 is 1.15 bits per heavy atom. The molecule has 0 saturated carbocycles. The monoisotopic (exact) mass is 452 g/mol. The lowest BCUT2D eigenvalue weighted by atomic mass is 10.2. The lowest BCUT2D eigenvalue weighted by molar-refractivity contribution is -0.699. The second-order valence-electron chi connectivity index (χ2n) is 4.85. The molecule has 16 heteroatoms. The van der Waals surface area contributed by atoms with Crippen molar-refractivity contribution in [3.05, 3.63) is 34.7 Å².